The SMILES string of the molecule is CC(=O)OCC(=O)Nc1c(I)c(C(=O)NCC(COC(C)=O)OC(C)=O)c(I)c(C(=O)N(Cl)CC(COC(C)=O)OC(C)=O)c1I. The average Bonchev–Trinajstić information content (AvgIpc) is 2.93. The second-order valence-electron chi connectivity index (χ2n) is 9.02. The van der Waals surface area contributed by atoms with E-state index in [9.17, 15) is 38.4 Å². The summed E-state index contributed by atoms with van der Waals surface area (Å²) in [7, 11) is 0. The summed E-state index contributed by atoms with van der Waals surface area (Å²) in [6.07, 6.45) is -2.20. The van der Waals surface area contributed by atoms with E-state index in [1.807, 2.05) is 0 Å². The van der Waals surface area contributed by atoms with E-state index < -0.39 is 79.5 Å². The van der Waals surface area contributed by atoms with E-state index in [0.717, 1.165) is 34.6 Å². The molecule has 0 aliphatic carbocycles. The molecular weight excluding hydrogens is 978 g/mol. The van der Waals surface area contributed by atoms with Crippen LogP contribution in [0.4, 0.5) is 5.69 Å². The fraction of sp³-hybridized carbons (Fsp3) is 0.462. The van der Waals surface area contributed by atoms with Crippen molar-refractivity contribution >= 4 is 133 Å². The lowest BCUT2D eigenvalue weighted by Crippen LogP contribution is -2.39. The van der Waals surface area contributed by atoms with Crippen molar-refractivity contribution in [1.29, 1.82) is 0 Å². The minimum absolute atomic E-state index is 0.00485. The van der Waals surface area contributed by atoms with Gasteiger partial charge in [-0.05, 0) is 67.8 Å². The van der Waals surface area contributed by atoms with Crippen LogP contribution in [-0.2, 0) is 52.5 Å². The van der Waals surface area contributed by atoms with Crippen molar-refractivity contribution in [2.75, 3.05) is 38.2 Å². The maximum Gasteiger partial charge on any atom is 0.303 e. The molecular formula is C26H29ClI3N3O13. The van der Waals surface area contributed by atoms with Gasteiger partial charge >= 0.3 is 29.8 Å². The Bertz CT molecular complexity index is 1390. The van der Waals surface area contributed by atoms with Crippen LogP contribution < -0.4 is 10.6 Å². The summed E-state index contributed by atoms with van der Waals surface area (Å²) in [4.78, 5) is 96.8. The number of rotatable bonds is 15. The monoisotopic (exact) mass is 1010 g/mol. The van der Waals surface area contributed by atoms with Crippen LogP contribution in [0.5, 0.6) is 0 Å². The molecule has 0 aromatic heterocycles. The largest absolute Gasteiger partial charge is 0.462 e. The summed E-state index contributed by atoms with van der Waals surface area (Å²) in [6.45, 7) is 3.47. The summed E-state index contributed by atoms with van der Waals surface area (Å²) in [5.41, 5.74) is -0.233. The van der Waals surface area contributed by atoms with Gasteiger partial charge in [-0.25, -0.2) is 4.42 Å². The first-order chi connectivity index (χ1) is 21.3. The number of nitrogens with zero attached hydrogens (tertiary/aromatic N) is 1. The zero-order valence-electron chi connectivity index (χ0n) is 25.0. The minimum atomic E-state index is -1.15. The Labute approximate surface area is 309 Å². The Morgan fingerprint density at radius 2 is 1.17 bits per heavy atom. The molecule has 2 unspecified atom stereocenters. The molecule has 254 valence electrons. The topological polar surface area (TPSA) is 210 Å². The standard InChI is InChI=1S/C26H29ClI3N3O13/c1-11(34)42-8-16(45-14(4)37)6-31-25(40)19-21(28)20(23(30)24(22(19)29)32-18(39)10-44-13(3)36)26(41)33(27)7-17(46-15(5)38)9-43-12(2)35/h16-17H,6-10H2,1-5H3,(H,31,40)(H,32,39). The number of nitrogens with one attached hydrogen (secondary N) is 2. The molecule has 1 aromatic carbocycles. The fourth-order valence-corrected chi connectivity index (χ4v) is 7.96. The Hall–Kier alpha value is -2.54. The molecule has 0 heterocycles. The van der Waals surface area contributed by atoms with Crippen molar-refractivity contribution < 1.29 is 62.0 Å². The molecule has 16 nitrogen and oxygen atoms in total. The number of carbonyl (C=O) groups excluding carboxylic acids is 8. The van der Waals surface area contributed by atoms with E-state index in [4.69, 9.17) is 35.5 Å². The third-order valence-electron chi connectivity index (χ3n) is 5.11. The highest BCUT2D eigenvalue weighted by Crippen LogP contribution is 2.36. The number of benzene rings is 1. The molecule has 20 heteroatoms. The number of hydrogen-bond donors (Lipinski definition) is 2. The highest BCUT2D eigenvalue weighted by atomic mass is 127. The summed E-state index contributed by atoms with van der Waals surface area (Å²) in [6, 6.07) is 0. The maximum absolute atomic E-state index is 13.7. The summed E-state index contributed by atoms with van der Waals surface area (Å²) in [5.74, 6) is -5.90. The summed E-state index contributed by atoms with van der Waals surface area (Å²) >= 11 is 11.6. The molecule has 0 radical (unpaired) electrons. The molecule has 0 aliphatic heterocycles. The normalized spacial score (nSPS) is 11.7. The number of hydrogen-bond acceptors (Lipinski definition) is 13. The van der Waals surface area contributed by atoms with Crippen molar-refractivity contribution in [3.05, 3.63) is 21.8 Å². The van der Waals surface area contributed by atoms with E-state index in [1.165, 1.54) is 0 Å². The smallest absolute Gasteiger partial charge is 0.303 e. The van der Waals surface area contributed by atoms with E-state index in [1.54, 1.807) is 67.8 Å². The fourth-order valence-electron chi connectivity index (χ4n) is 3.33. The molecule has 0 spiro atoms. The number of anilines is 1. The lowest BCUT2D eigenvalue weighted by atomic mass is 10.1. The molecule has 0 fully saturated rings. The third-order valence-corrected chi connectivity index (χ3v) is 8.64. The molecule has 1 rings (SSSR count). The van der Waals surface area contributed by atoms with Gasteiger partial charge in [0.05, 0.1) is 37.0 Å². The highest BCUT2D eigenvalue weighted by Gasteiger charge is 2.32. The summed E-state index contributed by atoms with van der Waals surface area (Å²) < 4.78 is 25.8. The Balaban J connectivity index is 3.60. The second kappa shape index (κ2) is 20.0. The van der Waals surface area contributed by atoms with Crippen LogP contribution in [0, 0.1) is 10.7 Å². The average molecular weight is 1010 g/mol. The number of halogens is 4. The molecule has 3 amide bonds. The van der Waals surface area contributed by atoms with Crippen molar-refractivity contribution in [2.45, 2.75) is 46.8 Å². The Morgan fingerprint density at radius 3 is 1.67 bits per heavy atom. The van der Waals surface area contributed by atoms with Gasteiger partial charge in [-0.2, -0.15) is 0 Å². The van der Waals surface area contributed by atoms with Gasteiger partial charge in [0.2, 0.25) is 0 Å². The van der Waals surface area contributed by atoms with Gasteiger partial charge in [0.25, 0.3) is 17.7 Å². The third kappa shape index (κ3) is 14.1. The van der Waals surface area contributed by atoms with Crippen molar-refractivity contribution in [3.8, 4) is 0 Å². The van der Waals surface area contributed by atoms with Crippen LogP contribution in [0.1, 0.15) is 55.3 Å². The van der Waals surface area contributed by atoms with E-state index in [2.05, 4.69) is 10.6 Å². The molecule has 2 N–H and O–H groups in total. The second-order valence-corrected chi connectivity index (χ2v) is 12.7. The van der Waals surface area contributed by atoms with Crippen LogP contribution >= 0.6 is 79.5 Å². The van der Waals surface area contributed by atoms with Crippen LogP contribution in [0.15, 0.2) is 0 Å². The van der Waals surface area contributed by atoms with Crippen molar-refractivity contribution in [1.82, 2.24) is 9.74 Å². The van der Waals surface area contributed by atoms with E-state index in [0.29, 0.717) is 4.42 Å². The van der Waals surface area contributed by atoms with Gasteiger partial charge < -0.3 is 34.3 Å². The quantitative estimate of drug-likeness (QED) is 0.112. The Morgan fingerprint density at radius 1 is 0.696 bits per heavy atom. The highest BCUT2D eigenvalue weighted by molar-refractivity contribution is 14.1. The first-order valence-corrected chi connectivity index (χ1v) is 16.4. The van der Waals surface area contributed by atoms with Crippen molar-refractivity contribution in [3.63, 3.8) is 0 Å². The zero-order chi connectivity index (χ0) is 35.3. The van der Waals surface area contributed by atoms with Gasteiger partial charge in [0.15, 0.2) is 18.8 Å². The van der Waals surface area contributed by atoms with Gasteiger partial charge in [-0.15, -0.1) is 0 Å². The molecule has 0 saturated carbocycles. The number of ether oxygens (including phenoxy) is 5. The van der Waals surface area contributed by atoms with E-state index >= 15 is 0 Å². The number of amides is 3. The van der Waals surface area contributed by atoms with Crippen molar-refractivity contribution in [2.24, 2.45) is 0 Å². The first kappa shape index (κ1) is 41.5. The van der Waals surface area contributed by atoms with Crippen LogP contribution in [0.3, 0.4) is 0 Å². The van der Waals surface area contributed by atoms with Gasteiger partial charge in [0, 0.05) is 50.0 Å². The predicted octanol–water partition coefficient (Wildman–Crippen LogP) is 2.32. The van der Waals surface area contributed by atoms with Crippen LogP contribution in [0.2, 0.25) is 0 Å². The molecule has 2 atom stereocenters. The molecule has 0 aliphatic rings. The van der Waals surface area contributed by atoms with Gasteiger partial charge in [0.1, 0.15) is 13.2 Å². The molecule has 46 heavy (non-hydrogen) atoms. The minimum Gasteiger partial charge on any atom is -0.462 e. The summed E-state index contributed by atoms with van der Waals surface area (Å²) in [5, 5.41) is 5.09. The number of esters is 5. The maximum atomic E-state index is 13.7. The predicted molar refractivity (Wildman–Crippen MR) is 183 cm³/mol. The van der Waals surface area contributed by atoms with Gasteiger partial charge in [-0.3, -0.25) is 38.4 Å². The van der Waals surface area contributed by atoms with E-state index in [-0.39, 0.29) is 40.7 Å². The zero-order valence-corrected chi connectivity index (χ0v) is 32.2. The lowest BCUT2D eigenvalue weighted by molar-refractivity contribution is -0.156. The Kier molecular flexibility index (Phi) is 18.0. The first-order valence-electron chi connectivity index (χ1n) is 12.9. The molecule has 0 saturated heterocycles. The van der Waals surface area contributed by atoms with Gasteiger partial charge in [-0.1, -0.05) is 0 Å². The lowest BCUT2D eigenvalue weighted by Gasteiger charge is -2.24. The molecule has 0 bridgehead atoms. The number of carbonyl (C=O) groups is 8. The molecule has 1 aromatic rings. The van der Waals surface area contributed by atoms with Crippen LogP contribution in [-0.4, -0.2) is 97.1 Å². The van der Waals surface area contributed by atoms with Crippen LogP contribution in [0.25, 0.3) is 0 Å².